The van der Waals surface area contributed by atoms with Crippen LogP contribution in [0.25, 0.3) is 0 Å². The van der Waals surface area contributed by atoms with Gasteiger partial charge in [-0.1, -0.05) is 23.4 Å². The smallest absolute Gasteiger partial charge is 0.275 e. The van der Waals surface area contributed by atoms with E-state index in [0.29, 0.717) is 0 Å². The van der Waals surface area contributed by atoms with Crippen molar-refractivity contribution in [3.63, 3.8) is 0 Å². The average Bonchev–Trinajstić information content (AvgIpc) is 3.01. The molecular weight excluding hydrogens is 254 g/mol. The van der Waals surface area contributed by atoms with Crippen LogP contribution in [0.3, 0.4) is 0 Å². The Labute approximate surface area is 117 Å². The van der Waals surface area contributed by atoms with Crippen molar-refractivity contribution < 1.29 is 9.42 Å². The third-order valence-electron chi connectivity index (χ3n) is 3.81. The molecule has 1 aliphatic rings. The fourth-order valence-electron chi connectivity index (χ4n) is 2.64. The topological polar surface area (TPSA) is 68.0 Å². The van der Waals surface area contributed by atoms with E-state index in [9.17, 15) is 4.79 Å². The summed E-state index contributed by atoms with van der Waals surface area (Å²) in [5, 5.41) is 9.87. The van der Waals surface area contributed by atoms with E-state index in [1.54, 1.807) is 0 Å². The van der Waals surface area contributed by atoms with Crippen LogP contribution in [0.5, 0.6) is 0 Å². The molecule has 1 unspecified atom stereocenters. The summed E-state index contributed by atoms with van der Waals surface area (Å²) >= 11 is 0. The molecule has 2 aromatic rings. The minimum atomic E-state index is -0.267. The SMILES string of the molecule is CC(NC(=O)c1cnon1)c1ccc2c(c1)CCCC2. The van der Waals surface area contributed by atoms with Crippen LogP contribution >= 0.6 is 0 Å². The maximum absolute atomic E-state index is 11.9. The molecule has 3 rings (SSSR count). The van der Waals surface area contributed by atoms with E-state index in [2.05, 4.69) is 38.5 Å². The molecule has 104 valence electrons. The predicted octanol–water partition coefficient (Wildman–Crippen LogP) is 2.44. The predicted molar refractivity (Wildman–Crippen MR) is 73.3 cm³/mol. The Kier molecular flexibility index (Phi) is 3.50. The molecule has 5 heteroatoms. The summed E-state index contributed by atoms with van der Waals surface area (Å²) in [7, 11) is 0. The largest absolute Gasteiger partial charge is 0.344 e. The molecule has 0 radical (unpaired) electrons. The van der Waals surface area contributed by atoms with Gasteiger partial charge in [0.15, 0.2) is 5.69 Å². The first-order valence-electron chi connectivity index (χ1n) is 6.94. The molecule has 1 heterocycles. The summed E-state index contributed by atoms with van der Waals surface area (Å²) < 4.78 is 4.44. The quantitative estimate of drug-likeness (QED) is 0.931. The van der Waals surface area contributed by atoms with Gasteiger partial charge in [0.2, 0.25) is 0 Å². The van der Waals surface area contributed by atoms with Crippen LogP contribution in [0, 0.1) is 0 Å². The number of nitrogens with zero attached hydrogens (tertiary/aromatic N) is 2. The molecule has 5 nitrogen and oxygen atoms in total. The Morgan fingerprint density at radius 3 is 2.85 bits per heavy atom. The minimum Gasteiger partial charge on any atom is -0.344 e. The van der Waals surface area contributed by atoms with E-state index < -0.39 is 0 Å². The van der Waals surface area contributed by atoms with Crippen LogP contribution in [-0.4, -0.2) is 16.2 Å². The average molecular weight is 271 g/mol. The maximum Gasteiger partial charge on any atom is 0.275 e. The van der Waals surface area contributed by atoms with E-state index in [-0.39, 0.29) is 17.6 Å². The minimum absolute atomic E-state index is 0.0635. The third kappa shape index (κ3) is 2.57. The lowest BCUT2D eigenvalue weighted by Gasteiger charge is -2.19. The molecule has 0 bridgehead atoms. The number of carbonyl (C=O) groups is 1. The van der Waals surface area contributed by atoms with Crippen molar-refractivity contribution >= 4 is 5.91 Å². The lowest BCUT2D eigenvalue weighted by molar-refractivity contribution is 0.0930. The summed E-state index contributed by atoms with van der Waals surface area (Å²) in [6, 6.07) is 6.42. The molecule has 20 heavy (non-hydrogen) atoms. The molecule has 1 aromatic heterocycles. The first kappa shape index (κ1) is 12.8. The number of rotatable bonds is 3. The van der Waals surface area contributed by atoms with Crippen LogP contribution in [0.15, 0.2) is 29.0 Å². The zero-order chi connectivity index (χ0) is 13.9. The van der Waals surface area contributed by atoms with Crippen molar-refractivity contribution in [1.29, 1.82) is 0 Å². The van der Waals surface area contributed by atoms with Gasteiger partial charge in [0.05, 0.1) is 6.04 Å². The fraction of sp³-hybridized carbons (Fsp3) is 0.400. The van der Waals surface area contributed by atoms with Crippen LogP contribution in [0.4, 0.5) is 0 Å². The van der Waals surface area contributed by atoms with Gasteiger partial charge in [-0.3, -0.25) is 4.79 Å². The van der Waals surface area contributed by atoms with Gasteiger partial charge in [-0.15, -0.1) is 0 Å². The number of nitrogens with one attached hydrogen (secondary N) is 1. The highest BCUT2D eigenvalue weighted by atomic mass is 16.6. The highest BCUT2D eigenvalue weighted by Crippen LogP contribution is 2.24. The van der Waals surface area contributed by atoms with Crippen LogP contribution in [-0.2, 0) is 12.8 Å². The molecule has 1 aliphatic carbocycles. The first-order valence-corrected chi connectivity index (χ1v) is 6.94. The number of fused-ring (bicyclic) bond motifs is 1. The van der Waals surface area contributed by atoms with Gasteiger partial charge >= 0.3 is 0 Å². The van der Waals surface area contributed by atoms with Gasteiger partial charge < -0.3 is 5.32 Å². The Balaban J connectivity index is 1.74. The number of benzene rings is 1. The normalized spacial score (nSPS) is 15.4. The zero-order valence-corrected chi connectivity index (χ0v) is 11.4. The molecule has 0 spiro atoms. The number of hydrogen-bond donors (Lipinski definition) is 1. The molecule has 0 aliphatic heterocycles. The highest BCUT2D eigenvalue weighted by Gasteiger charge is 2.16. The lowest BCUT2D eigenvalue weighted by atomic mass is 9.89. The molecule has 1 N–H and O–H groups in total. The van der Waals surface area contributed by atoms with E-state index in [4.69, 9.17) is 0 Å². The number of hydrogen-bond acceptors (Lipinski definition) is 4. The Morgan fingerprint density at radius 1 is 1.30 bits per heavy atom. The van der Waals surface area contributed by atoms with Crippen LogP contribution in [0.1, 0.15) is 53.0 Å². The molecule has 1 aromatic carbocycles. The summed E-state index contributed by atoms with van der Waals surface area (Å²) in [6.45, 7) is 1.97. The lowest BCUT2D eigenvalue weighted by Crippen LogP contribution is -2.27. The van der Waals surface area contributed by atoms with Crippen molar-refractivity contribution in [2.45, 2.75) is 38.6 Å². The third-order valence-corrected chi connectivity index (χ3v) is 3.81. The van der Waals surface area contributed by atoms with Crippen molar-refractivity contribution in [3.8, 4) is 0 Å². The number of aromatic nitrogens is 2. The second kappa shape index (κ2) is 5.45. The van der Waals surface area contributed by atoms with E-state index in [1.165, 1.54) is 36.6 Å². The Hall–Kier alpha value is -2.17. The molecule has 0 fully saturated rings. The van der Waals surface area contributed by atoms with Crippen molar-refractivity contribution in [1.82, 2.24) is 15.6 Å². The number of carbonyl (C=O) groups excluding carboxylic acids is 1. The molecule has 1 amide bonds. The fourth-order valence-corrected chi connectivity index (χ4v) is 2.64. The Bertz CT molecular complexity index is 608. The molecular formula is C15H17N3O2. The molecule has 1 atom stereocenters. The van der Waals surface area contributed by atoms with E-state index >= 15 is 0 Å². The summed E-state index contributed by atoms with van der Waals surface area (Å²) in [4.78, 5) is 11.9. The summed E-state index contributed by atoms with van der Waals surface area (Å²) in [5.74, 6) is -0.267. The summed E-state index contributed by atoms with van der Waals surface area (Å²) in [5.41, 5.74) is 4.18. The standard InChI is InChI=1S/C15H17N3O2/c1-10(17-15(19)14-9-16-20-18-14)12-7-6-11-4-2-3-5-13(11)8-12/h6-10H,2-5H2,1H3,(H,17,19). The van der Waals surface area contributed by atoms with E-state index in [1.807, 2.05) is 6.92 Å². The van der Waals surface area contributed by atoms with Gasteiger partial charge in [-0.05, 0) is 54.5 Å². The summed E-state index contributed by atoms with van der Waals surface area (Å²) in [6.07, 6.45) is 6.15. The second-order valence-electron chi connectivity index (χ2n) is 5.22. The highest BCUT2D eigenvalue weighted by molar-refractivity contribution is 5.91. The first-order chi connectivity index (χ1) is 9.74. The molecule has 0 saturated heterocycles. The monoisotopic (exact) mass is 271 g/mol. The zero-order valence-electron chi connectivity index (χ0n) is 11.4. The van der Waals surface area contributed by atoms with Gasteiger partial charge in [0, 0.05) is 0 Å². The second-order valence-corrected chi connectivity index (χ2v) is 5.22. The Morgan fingerprint density at radius 2 is 2.10 bits per heavy atom. The van der Waals surface area contributed by atoms with Gasteiger partial charge in [0.1, 0.15) is 6.20 Å². The van der Waals surface area contributed by atoms with Gasteiger partial charge in [-0.2, -0.15) is 0 Å². The van der Waals surface area contributed by atoms with Crippen molar-refractivity contribution in [2.75, 3.05) is 0 Å². The van der Waals surface area contributed by atoms with E-state index in [0.717, 1.165) is 12.0 Å². The maximum atomic E-state index is 11.9. The van der Waals surface area contributed by atoms with Crippen LogP contribution < -0.4 is 5.32 Å². The van der Waals surface area contributed by atoms with Crippen molar-refractivity contribution in [3.05, 3.63) is 46.8 Å². The van der Waals surface area contributed by atoms with Gasteiger partial charge in [-0.25, -0.2) is 4.63 Å². The van der Waals surface area contributed by atoms with Gasteiger partial charge in [0.25, 0.3) is 5.91 Å². The number of amides is 1. The van der Waals surface area contributed by atoms with Crippen molar-refractivity contribution in [2.24, 2.45) is 0 Å². The molecule has 0 saturated carbocycles. The van der Waals surface area contributed by atoms with Crippen LogP contribution in [0.2, 0.25) is 0 Å². The number of aryl methyl sites for hydroxylation is 2.